The predicted molar refractivity (Wildman–Crippen MR) is 106 cm³/mol. The second-order valence-electron chi connectivity index (χ2n) is 6.62. The van der Waals surface area contributed by atoms with Crippen LogP contribution < -0.4 is 4.74 Å². The highest BCUT2D eigenvalue weighted by Crippen LogP contribution is 2.31. The number of hydrogen-bond donors (Lipinski definition) is 1. The number of amides is 1. The smallest absolute Gasteiger partial charge is 0.311 e. The minimum absolute atomic E-state index is 0.140. The van der Waals surface area contributed by atoms with Crippen molar-refractivity contribution in [3.63, 3.8) is 0 Å². The minimum Gasteiger partial charge on any atom is -0.490 e. The van der Waals surface area contributed by atoms with E-state index in [2.05, 4.69) is 17.1 Å². The summed E-state index contributed by atoms with van der Waals surface area (Å²) in [4.78, 5) is 28.4. The molecule has 2 heterocycles. The number of fused-ring (bicyclic) bond motifs is 1. The molecule has 1 N–H and O–H groups in total. The third-order valence-electron chi connectivity index (χ3n) is 5.05. The fraction of sp³-hybridized carbons (Fsp3) is 0.190. The van der Waals surface area contributed by atoms with Gasteiger partial charge in [-0.05, 0) is 30.2 Å². The second kappa shape index (κ2) is 7.19. The van der Waals surface area contributed by atoms with E-state index in [1.54, 1.807) is 11.0 Å². The Hall–Kier alpha value is -3.61. The number of hydrogen-bond acceptors (Lipinski definition) is 4. The van der Waals surface area contributed by atoms with E-state index in [-0.39, 0.29) is 22.9 Å². The quantitative estimate of drug-likeness (QED) is 0.549. The number of carbonyl (C=O) groups excluding carboxylic acids is 1. The Labute approximate surface area is 161 Å². The van der Waals surface area contributed by atoms with Crippen molar-refractivity contribution in [1.29, 1.82) is 0 Å². The highest BCUT2D eigenvalue weighted by Gasteiger charge is 2.23. The van der Waals surface area contributed by atoms with Gasteiger partial charge in [0.05, 0.1) is 12.0 Å². The number of nitrogens with one attached hydrogen (secondary N) is 1. The largest absolute Gasteiger partial charge is 0.490 e. The maximum atomic E-state index is 12.8. The van der Waals surface area contributed by atoms with Crippen LogP contribution in [0, 0.1) is 10.1 Å². The zero-order valence-corrected chi connectivity index (χ0v) is 15.3. The summed E-state index contributed by atoms with van der Waals surface area (Å²) < 4.78 is 5.00. The van der Waals surface area contributed by atoms with E-state index in [1.807, 2.05) is 24.4 Å². The molecule has 1 aliphatic rings. The van der Waals surface area contributed by atoms with E-state index in [0.717, 1.165) is 17.5 Å². The van der Waals surface area contributed by atoms with Gasteiger partial charge in [0.15, 0.2) is 5.75 Å². The summed E-state index contributed by atoms with van der Waals surface area (Å²) in [5.74, 6) is -0.0818. The average molecular weight is 377 g/mol. The van der Waals surface area contributed by atoms with E-state index >= 15 is 0 Å². The van der Waals surface area contributed by atoms with Crippen LogP contribution in [-0.2, 0) is 0 Å². The molecule has 1 aromatic heterocycles. The molecule has 0 atom stereocenters. The molecule has 0 spiro atoms. The molecule has 0 fully saturated rings. The van der Waals surface area contributed by atoms with Gasteiger partial charge in [0, 0.05) is 47.4 Å². The highest BCUT2D eigenvalue weighted by molar-refractivity contribution is 5.97. The van der Waals surface area contributed by atoms with Gasteiger partial charge < -0.3 is 14.6 Å². The van der Waals surface area contributed by atoms with Gasteiger partial charge in [-0.25, -0.2) is 0 Å². The summed E-state index contributed by atoms with van der Waals surface area (Å²) in [5, 5.41) is 12.4. The van der Waals surface area contributed by atoms with Gasteiger partial charge in [0.2, 0.25) is 0 Å². The van der Waals surface area contributed by atoms with Gasteiger partial charge in [0.25, 0.3) is 5.91 Å². The van der Waals surface area contributed by atoms with Crippen molar-refractivity contribution in [1.82, 2.24) is 9.88 Å². The van der Waals surface area contributed by atoms with Crippen molar-refractivity contribution in [3.05, 3.63) is 76.0 Å². The lowest BCUT2D eigenvalue weighted by Gasteiger charge is -2.26. The van der Waals surface area contributed by atoms with E-state index in [4.69, 9.17) is 4.74 Å². The summed E-state index contributed by atoms with van der Waals surface area (Å²) in [5.41, 5.74) is 3.52. The highest BCUT2D eigenvalue weighted by atomic mass is 16.6. The summed E-state index contributed by atoms with van der Waals surface area (Å²) in [7, 11) is 1.37. The Kier molecular flexibility index (Phi) is 4.57. The zero-order valence-electron chi connectivity index (χ0n) is 15.3. The summed E-state index contributed by atoms with van der Waals surface area (Å²) in [6, 6.07) is 12.4. The van der Waals surface area contributed by atoms with Gasteiger partial charge >= 0.3 is 5.69 Å². The van der Waals surface area contributed by atoms with Crippen LogP contribution in [0.4, 0.5) is 5.69 Å². The number of aromatic amines is 1. The third-order valence-corrected chi connectivity index (χ3v) is 5.05. The number of rotatable bonds is 4. The number of carbonyl (C=O) groups is 1. The van der Waals surface area contributed by atoms with Crippen LogP contribution in [0.15, 0.2) is 54.7 Å². The molecular weight excluding hydrogens is 358 g/mol. The van der Waals surface area contributed by atoms with Crippen LogP contribution >= 0.6 is 0 Å². The van der Waals surface area contributed by atoms with Crippen LogP contribution in [0.5, 0.6) is 5.75 Å². The predicted octanol–water partition coefficient (Wildman–Crippen LogP) is 4.01. The van der Waals surface area contributed by atoms with Crippen molar-refractivity contribution in [2.24, 2.45) is 0 Å². The standard InChI is InChI=1S/C21H19N3O4/c1-28-20-7-6-15(12-19(20)24(26)27)21(25)23-10-8-14(9-11-23)17-13-22-18-5-3-2-4-16(17)18/h2-8,12-13,22H,9-11H2,1H3. The molecule has 1 amide bonds. The number of methoxy groups -OCH3 is 1. The molecule has 0 saturated heterocycles. The van der Waals surface area contributed by atoms with E-state index < -0.39 is 4.92 Å². The Bertz CT molecular complexity index is 1100. The fourth-order valence-electron chi connectivity index (χ4n) is 3.58. The van der Waals surface area contributed by atoms with Gasteiger partial charge in [-0.15, -0.1) is 0 Å². The number of H-pyrrole nitrogens is 1. The van der Waals surface area contributed by atoms with Crippen LogP contribution in [0.2, 0.25) is 0 Å². The molecule has 0 saturated carbocycles. The molecule has 7 nitrogen and oxygen atoms in total. The lowest BCUT2D eigenvalue weighted by Crippen LogP contribution is -2.34. The first kappa shape index (κ1) is 17.8. The van der Waals surface area contributed by atoms with Crippen molar-refractivity contribution >= 4 is 28.1 Å². The first-order valence-electron chi connectivity index (χ1n) is 8.95. The van der Waals surface area contributed by atoms with Crippen molar-refractivity contribution in [3.8, 4) is 5.75 Å². The van der Waals surface area contributed by atoms with Crippen LogP contribution in [0.25, 0.3) is 16.5 Å². The Morgan fingerprint density at radius 3 is 2.79 bits per heavy atom. The van der Waals surface area contributed by atoms with E-state index in [9.17, 15) is 14.9 Å². The Morgan fingerprint density at radius 1 is 1.25 bits per heavy atom. The fourth-order valence-corrected chi connectivity index (χ4v) is 3.58. The van der Waals surface area contributed by atoms with Crippen molar-refractivity contribution in [2.45, 2.75) is 6.42 Å². The molecule has 28 heavy (non-hydrogen) atoms. The van der Waals surface area contributed by atoms with E-state index in [0.29, 0.717) is 13.1 Å². The lowest BCUT2D eigenvalue weighted by atomic mass is 9.98. The first-order valence-corrected chi connectivity index (χ1v) is 8.95. The second-order valence-corrected chi connectivity index (χ2v) is 6.62. The molecule has 7 heteroatoms. The molecular formula is C21H19N3O4. The molecule has 142 valence electrons. The van der Waals surface area contributed by atoms with Crippen molar-refractivity contribution < 1.29 is 14.5 Å². The van der Waals surface area contributed by atoms with Gasteiger partial charge in [0.1, 0.15) is 0 Å². The Balaban J connectivity index is 1.55. The summed E-state index contributed by atoms with van der Waals surface area (Å²) in [6.45, 7) is 1.03. The van der Waals surface area contributed by atoms with Crippen LogP contribution in [-0.4, -0.2) is 40.9 Å². The molecule has 0 aliphatic carbocycles. The third kappa shape index (κ3) is 3.11. The van der Waals surface area contributed by atoms with E-state index in [1.165, 1.54) is 30.2 Å². The molecule has 2 aromatic carbocycles. The number of nitro groups is 1. The minimum atomic E-state index is -0.541. The number of nitro benzene ring substituents is 1. The molecule has 0 unspecified atom stereocenters. The summed E-state index contributed by atoms with van der Waals surface area (Å²) in [6.07, 6.45) is 4.78. The lowest BCUT2D eigenvalue weighted by molar-refractivity contribution is -0.385. The van der Waals surface area contributed by atoms with Crippen LogP contribution in [0.1, 0.15) is 22.3 Å². The van der Waals surface area contributed by atoms with Gasteiger partial charge in [-0.1, -0.05) is 24.3 Å². The number of aromatic nitrogens is 1. The first-order chi connectivity index (χ1) is 13.6. The SMILES string of the molecule is COc1ccc(C(=O)N2CC=C(c3c[nH]c4ccccc34)CC2)cc1[N+](=O)[O-]. The topological polar surface area (TPSA) is 88.5 Å². The van der Waals surface area contributed by atoms with Crippen molar-refractivity contribution in [2.75, 3.05) is 20.2 Å². The van der Waals surface area contributed by atoms with Crippen LogP contribution in [0.3, 0.4) is 0 Å². The maximum absolute atomic E-state index is 12.8. The average Bonchev–Trinajstić information content (AvgIpc) is 3.17. The normalized spacial score (nSPS) is 14.0. The molecule has 4 rings (SSSR count). The molecule has 0 bridgehead atoms. The molecule has 3 aromatic rings. The summed E-state index contributed by atoms with van der Waals surface area (Å²) >= 11 is 0. The zero-order chi connectivity index (χ0) is 19.7. The maximum Gasteiger partial charge on any atom is 0.311 e. The number of nitrogens with zero attached hydrogens (tertiary/aromatic N) is 2. The Morgan fingerprint density at radius 2 is 2.07 bits per heavy atom. The number of para-hydroxylation sites is 1. The molecule has 0 radical (unpaired) electrons. The van der Waals surface area contributed by atoms with Gasteiger partial charge in [-0.3, -0.25) is 14.9 Å². The monoisotopic (exact) mass is 377 g/mol. The molecule has 1 aliphatic heterocycles. The number of ether oxygens (including phenoxy) is 1. The van der Waals surface area contributed by atoms with Gasteiger partial charge in [-0.2, -0.15) is 0 Å². The number of benzene rings is 2.